The summed E-state index contributed by atoms with van der Waals surface area (Å²) in [7, 11) is 0. The summed E-state index contributed by atoms with van der Waals surface area (Å²) >= 11 is 6.15. The lowest BCUT2D eigenvalue weighted by molar-refractivity contribution is 0.0975. The SMILES string of the molecule is O=C(c1cc(-c2ccc(F)cc2)on1)N(Cc1ccc(F)cc1Cl)c1ccccn1. The van der Waals surface area contributed by atoms with Gasteiger partial charge in [-0.05, 0) is 54.1 Å². The van der Waals surface area contributed by atoms with Crippen molar-refractivity contribution in [1.82, 2.24) is 10.1 Å². The standard InChI is InChI=1S/C22H14ClF2N3O2/c23-18-11-17(25)9-6-15(18)13-28(21-3-1-2-10-26-21)22(29)19-12-20(30-27-19)14-4-7-16(24)8-5-14/h1-12H,13H2. The van der Waals surface area contributed by atoms with Crippen LogP contribution in [0.1, 0.15) is 16.1 Å². The third-order valence-corrected chi connectivity index (χ3v) is 4.72. The van der Waals surface area contributed by atoms with Gasteiger partial charge in [-0.3, -0.25) is 9.69 Å². The van der Waals surface area contributed by atoms with Crippen LogP contribution in [0.5, 0.6) is 0 Å². The minimum Gasteiger partial charge on any atom is -0.355 e. The van der Waals surface area contributed by atoms with Gasteiger partial charge in [0.25, 0.3) is 5.91 Å². The second-order valence-corrected chi connectivity index (χ2v) is 6.81. The Balaban J connectivity index is 1.67. The van der Waals surface area contributed by atoms with E-state index in [2.05, 4.69) is 10.1 Å². The van der Waals surface area contributed by atoms with Gasteiger partial charge in [0.2, 0.25) is 0 Å². The first-order valence-electron chi connectivity index (χ1n) is 8.91. The molecule has 30 heavy (non-hydrogen) atoms. The maximum absolute atomic E-state index is 13.4. The molecule has 0 N–H and O–H groups in total. The maximum atomic E-state index is 13.4. The first kappa shape index (κ1) is 19.7. The van der Waals surface area contributed by atoms with Crippen molar-refractivity contribution in [2.45, 2.75) is 6.54 Å². The minimum atomic E-state index is -0.480. The Kier molecular flexibility index (Phi) is 5.54. The van der Waals surface area contributed by atoms with Crippen molar-refractivity contribution >= 4 is 23.3 Å². The fraction of sp³-hybridized carbons (Fsp3) is 0.0455. The average molecular weight is 426 g/mol. The highest BCUT2D eigenvalue weighted by Crippen LogP contribution is 2.25. The number of halogens is 3. The first-order valence-corrected chi connectivity index (χ1v) is 9.28. The van der Waals surface area contributed by atoms with Crippen LogP contribution in [0.4, 0.5) is 14.6 Å². The molecule has 0 radical (unpaired) electrons. The van der Waals surface area contributed by atoms with Crippen molar-refractivity contribution in [2.75, 3.05) is 4.90 Å². The number of benzene rings is 2. The van der Waals surface area contributed by atoms with E-state index in [0.717, 1.165) is 0 Å². The lowest BCUT2D eigenvalue weighted by Crippen LogP contribution is -2.31. The van der Waals surface area contributed by atoms with E-state index in [1.165, 1.54) is 53.4 Å². The van der Waals surface area contributed by atoms with E-state index in [9.17, 15) is 13.6 Å². The monoisotopic (exact) mass is 425 g/mol. The van der Waals surface area contributed by atoms with Gasteiger partial charge < -0.3 is 4.52 Å². The summed E-state index contributed by atoms with van der Waals surface area (Å²) in [5, 5.41) is 4.05. The molecular weight excluding hydrogens is 412 g/mol. The van der Waals surface area contributed by atoms with Crippen LogP contribution in [-0.2, 0) is 6.54 Å². The van der Waals surface area contributed by atoms with Crippen LogP contribution in [0, 0.1) is 11.6 Å². The van der Waals surface area contributed by atoms with E-state index < -0.39 is 11.7 Å². The molecule has 0 unspecified atom stereocenters. The average Bonchev–Trinajstić information content (AvgIpc) is 3.24. The van der Waals surface area contributed by atoms with Gasteiger partial charge in [0, 0.05) is 22.8 Å². The third-order valence-electron chi connectivity index (χ3n) is 4.37. The lowest BCUT2D eigenvalue weighted by Gasteiger charge is -2.21. The van der Waals surface area contributed by atoms with Gasteiger partial charge in [-0.2, -0.15) is 0 Å². The summed E-state index contributed by atoms with van der Waals surface area (Å²) < 4.78 is 31.8. The van der Waals surface area contributed by atoms with Crippen LogP contribution in [0.2, 0.25) is 5.02 Å². The number of carbonyl (C=O) groups excluding carboxylic acids is 1. The summed E-state index contributed by atoms with van der Waals surface area (Å²) in [6.45, 7) is 0.0493. The van der Waals surface area contributed by atoms with Crippen molar-refractivity contribution in [3.05, 3.63) is 101 Å². The molecule has 2 aromatic carbocycles. The van der Waals surface area contributed by atoms with E-state index in [-0.39, 0.29) is 23.1 Å². The molecule has 0 atom stereocenters. The third kappa shape index (κ3) is 4.21. The molecule has 0 spiro atoms. The summed E-state index contributed by atoms with van der Waals surface area (Å²) in [4.78, 5) is 18.8. The molecule has 2 heterocycles. The van der Waals surface area contributed by atoms with E-state index in [1.54, 1.807) is 24.4 Å². The Bertz CT molecular complexity index is 1180. The molecular formula is C22H14ClF2N3O2. The second-order valence-electron chi connectivity index (χ2n) is 6.40. The molecule has 4 aromatic rings. The van der Waals surface area contributed by atoms with Gasteiger partial charge >= 0.3 is 0 Å². The summed E-state index contributed by atoms with van der Waals surface area (Å²) in [6, 6.07) is 16.2. The van der Waals surface area contributed by atoms with Crippen LogP contribution in [-0.4, -0.2) is 16.0 Å². The molecule has 5 nitrogen and oxygen atoms in total. The first-order chi connectivity index (χ1) is 14.5. The topological polar surface area (TPSA) is 59.2 Å². The Hall–Kier alpha value is -3.58. The van der Waals surface area contributed by atoms with Crippen molar-refractivity contribution in [1.29, 1.82) is 0 Å². The molecule has 0 bridgehead atoms. The van der Waals surface area contributed by atoms with Crippen LogP contribution in [0.25, 0.3) is 11.3 Å². The Morgan fingerprint density at radius 1 is 1.00 bits per heavy atom. The molecule has 0 aliphatic heterocycles. The van der Waals surface area contributed by atoms with E-state index in [0.29, 0.717) is 22.7 Å². The second kappa shape index (κ2) is 8.42. The number of carbonyl (C=O) groups is 1. The Morgan fingerprint density at radius 3 is 2.47 bits per heavy atom. The van der Waals surface area contributed by atoms with E-state index in [4.69, 9.17) is 16.1 Å². The summed E-state index contributed by atoms with van der Waals surface area (Å²) in [6.07, 6.45) is 1.55. The predicted octanol–water partition coefficient (Wildman–Crippen LogP) is 5.52. The molecule has 8 heteroatoms. The molecule has 0 fully saturated rings. The van der Waals surface area contributed by atoms with Crippen molar-refractivity contribution < 1.29 is 18.1 Å². The zero-order chi connectivity index (χ0) is 21.1. The number of hydrogen-bond donors (Lipinski definition) is 0. The minimum absolute atomic E-state index is 0.0400. The highest BCUT2D eigenvalue weighted by Gasteiger charge is 2.24. The Morgan fingerprint density at radius 2 is 1.77 bits per heavy atom. The highest BCUT2D eigenvalue weighted by atomic mass is 35.5. The fourth-order valence-corrected chi connectivity index (χ4v) is 3.08. The van der Waals surface area contributed by atoms with Crippen LogP contribution in [0.15, 0.2) is 77.4 Å². The van der Waals surface area contributed by atoms with Gasteiger partial charge in [-0.25, -0.2) is 13.8 Å². The van der Waals surface area contributed by atoms with Crippen molar-refractivity contribution in [3.8, 4) is 11.3 Å². The van der Waals surface area contributed by atoms with Gasteiger partial charge in [0.1, 0.15) is 17.5 Å². The summed E-state index contributed by atoms with van der Waals surface area (Å²) in [5.41, 5.74) is 1.16. The quantitative estimate of drug-likeness (QED) is 0.422. The molecule has 0 saturated carbocycles. The molecule has 2 aromatic heterocycles. The number of amides is 1. The van der Waals surface area contributed by atoms with E-state index >= 15 is 0 Å². The highest BCUT2D eigenvalue weighted by molar-refractivity contribution is 6.31. The lowest BCUT2D eigenvalue weighted by atomic mass is 10.1. The largest absolute Gasteiger partial charge is 0.355 e. The van der Waals surface area contributed by atoms with Crippen LogP contribution >= 0.6 is 11.6 Å². The van der Waals surface area contributed by atoms with Crippen molar-refractivity contribution in [2.24, 2.45) is 0 Å². The molecule has 4 rings (SSSR count). The molecule has 0 aliphatic carbocycles. The number of nitrogens with zero attached hydrogens (tertiary/aromatic N) is 3. The number of pyridine rings is 1. The van der Waals surface area contributed by atoms with Gasteiger partial charge in [0.05, 0.1) is 6.54 Å². The number of anilines is 1. The molecule has 0 aliphatic rings. The smallest absolute Gasteiger partial charge is 0.281 e. The Labute approximate surface area is 175 Å². The molecule has 150 valence electrons. The number of rotatable bonds is 5. The summed E-state index contributed by atoms with van der Waals surface area (Å²) in [5.74, 6) is -0.647. The van der Waals surface area contributed by atoms with Crippen LogP contribution in [0.3, 0.4) is 0 Å². The zero-order valence-electron chi connectivity index (χ0n) is 15.4. The van der Waals surface area contributed by atoms with Crippen LogP contribution < -0.4 is 4.90 Å². The maximum Gasteiger partial charge on any atom is 0.281 e. The van der Waals surface area contributed by atoms with Gasteiger partial charge in [-0.1, -0.05) is 28.9 Å². The van der Waals surface area contributed by atoms with Gasteiger partial charge in [0.15, 0.2) is 11.5 Å². The van der Waals surface area contributed by atoms with E-state index in [1.807, 2.05) is 0 Å². The zero-order valence-corrected chi connectivity index (χ0v) is 16.2. The predicted molar refractivity (Wildman–Crippen MR) is 108 cm³/mol. The van der Waals surface area contributed by atoms with Gasteiger partial charge in [-0.15, -0.1) is 0 Å². The van der Waals surface area contributed by atoms with Crippen molar-refractivity contribution in [3.63, 3.8) is 0 Å². The normalized spacial score (nSPS) is 10.8. The molecule has 0 saturated heterocycles. The number of aromatic nitrogens is 2. The fourth-order valence-electron chi connectivity index (χ4n) is 2.85. The molecule has 1 amide bonds. The number of hydrogen-bond acceptors (Lipinski definition) is 4.